The van der Waals surface area contributed by atoms with Crippen LogP contribution < -0.4 is 20.7 Å². The van der Waals surface area contributed by atoms with Gasteiger partial charge < -0.3 is 0 Å². The lowest BCUT2D eigenvalue weighted by atomic mass is 9.91. The summed E-state index contributed by atoms with van der Waals surface area (Å²) in [6.45, 7) is 0. The minimum absolute atomic E-state index is 0.654. The third-order valence-electron chi connectivity index (χ3n) is 9.64. The molecule has 49 heavy (non-hydrogen) atoms. The monoisotopic (exact) mass is 641 g/mol. The van der Waals surface area contributed by atoms with Gasteiger partial charge in [-0.05, 0) is 43.0 Å². The minimum Gasteiger partial charge on any atom is -0.208 e. The Hall–Kier alpha value is -6.23. The average molecular weight is 642 g/mol. The molecule has 0 fully saturated rings. The fourth-order valence-electron chi connectivity index (χ4n) is 7.56. The van der Waals surface area contributed by atoms with E-state index in [2.05, 4.69) is 152 Å². The van der Waals surface area contributed by atoms with Crippen LogP contribution >= 0.6 is 0 Å². The van der Waals surface area contributed by atoms with Crippen molar-refractivity contribution in [2.24, 2.45) is 0 Å². The predicted octanol–water partition coefficient (Wildman–Crippen LogP) is 7.90. The lowest BCUT2D eigenvalue weighted by Crippen LogP contribution is -2.72. The molecule has 3 nitrogen and oxygen atoms in total. The van der Waals surface area contributed by atoms with Crippen LogP contribution in [0.3, 0.4) is 0 Å². The number of hydrogen-bond acceptors (Lipinski definition) is 3. The predicted molar refractivity (Wildman–Crippen MR) is 204 cm³/mol. The number of hydrogen-bond donors (Lipinski definition) is 0. The van der Waals surface area contributed by atoms with E-state index in [1.54, 1.807) is 0 Å². The Morgan fingerprint density at radius 3 is 1.27 bits per heavy atom. The molecule has 2 heterocycles. The van der Waals surface area contributed by atoms with Crippen LogP contribution in [0.25, 0.3) is 56.4 Å². The Morgan fingerprint density at radius 2 is 0.694 bits per heavy atom. The normalized spacial score (nSPS) is 12.7. The third-order valence-corrected chi connectivity index (χ3v) is 14.5. The highest BCUT2D eigenvalue weighted by Crippen LogP contribution is 2.40. The summed E-state index contributed by atoms with van der Waals surface area (Å²) < 4.78 is 0. The van der Waals surface area contributed by atoms with Crippen molar-refractivity contribution in [2.75, 3.05) is 0 Å². The molecule has 0 unspecified atom stereocenters. The van der Waals surface area contributed by atoms with Gasteiger partial charge in [-0.3, -0.25) is 0 Å². The lowest BCUT2D eigenvalue weighted by molar-refractivity contribution is 1.07. The summed E-state index contributed by atoms with van der Waals surface area (Å²) in [5.41, 5.74) is 7.77. The van der Waals surface area contributed by atoms with Crippen LogP contribution in [0.4, 0.5) is 0 Å². The summed E-state index contributed by atoms with van der Waals surface area (Å²) in [6.07, 6.45) is 0. The van der Waals surface area contributed by atoms with E-state index in [9.17, 15) is 0 Å². The molecule has 0 aliphatic carbocycles. The third kappa shape index (κ3) is 4.76. The second-order valence-electron chi connectivity index (χ2n) is 12.3. The van der Waals surface area contributed by atoms with Crippen LogP contribution in [-0.4, -0.2) is 23.0 Å². The zero-order chi connectivity index (χ0) is 32.6. The van der Waals surface area contributed by atoms with Crippen LogP contribution in [-0.2, 0) is 0 Å². The first-order valence-electron chi connectivity index (χ1n) is 16.6. The van der Waals surface area contributed by atoms with Gasteiger partial charge in [0.25, 0.3) is 0 Å². The standard InChI is InChI=1S/C45H31N3Si/c1-5-18-32(19-6-1)43-46-44(33-20-7-2-8-21-33)48-45(47-43)38-27-14-13-26-36(38)37-29-17-31-41-42(37)39-28-15-16-30-40(39)49(41,34-22-9-3-10-23-34)35-24-11-4-12-25-35/h1-31H. The topological polar surface area (TPSA) is 38.7 Å². The molecule has 0 N–H and O–H groups in total. The van der Waals surface area contributed by atoms with Crippen molar-refractivity contribution in [2.45, 2.75) is 0 Å². The van der Waals surface area contributed by atoms with Crippen molar-refractivity contribution in [3.05, 3.63) is 188 Å². The maximum absolute atomic E-state index is 5.13. The van der Waals surface area contributed by atoms with Crippen LogP contribution in [0.15, 0.2) is 188 Å². The van der Waals surface area contributed by atoms with Gasteiger partial charge in [0.05, 0.1) is 0 Å². The minimum atomic E-state index is -2.63. The van der Waals surface area contributed by atoms with Crippen molar-refractivity contribution >= 4 is 28.8 Å². The molecular weight excluding hydrogens is 611 g/mol. The SMILES string of the molecule is c1ccc(-c2nc(-c3ccccc3)nc(-c3ccccc3-c3cccc4c3-c3ccccc3[Si]4(c3ccccc3)c3ccccc3)n2)cc1. The molecule has 0 saturated heterocycles. The molecule has 1 aliphatic heterocycles. The number of rotatable bonds is 6. The van der Waals surface area contributed by atoms with E-state index in [1.807, 2.05) is 36.4 Å². The van der Waals surface area contributed by atoms with Crippen molar-refractivity contribution in [1.82, 2.24) is 15.0 Å². The lowest BCUT2D eigenvalue weighted by Gasteiger charge is -2.31. The summed E-state index contributed by atoms with van der Waals surface area (Å²) in [5, 5.41) is 5.60. The largest absolute Gasteiger partial charge is 0.208 e. The van der Waals surface area contributed by atoms with E-state index in [1.165, 1.54) is 37.4 Å². The Kier molecular flexibility index (Phi) is 7.14. The van der Waals surface area contributed by atoms with E-state index in [4.69, 9.17) is 15.0 Å². The summed E-state index contributed by atoms with van der Waals surface area (Å²) in [4.78, 5) is 15.2. The van der Waals surface area contributed by atoms with Gasteiger partial charge in [0.1, 0.15) is 0 Å². The van der Waals surface area contributed by atoms with Crippen LogP contribution in [0.5, 0.6) is 0 Å². The maximum atomic E-state index is 5.13. The van der Waals surface area contributed by atoms with Gasteiger partial charge in [-0.15, -0.1) is 0 Å². The molecule has 8 aromatic rings. The van der Waals surface area contributed by atoms with Gasteiger partial charge >= 0.3 is 0 Å². The van der Waals surface area contributed by atoms with Crippen molar-refractivity contribution in [3.63, 3.8) is 0 Å². The number of fused-ring (bicyclic) bond motifs is 3. The second-order valence-corrected chi connectivity index (χ2v) is 16.1. The van der Waals surface area contributed by atoms with Crippen molar-refractivity contribution < 1.29 is 0 Å². The molecule has 0 saturated carbocycles. The van der Waals surface area contributed by atoms with E-state index >= 15 is 0 Å². The molecular formula is C45H31N3Si. The Balaban J connectivity index is 1.32. The summed E-state index contributed by atoms with van der Waals surface area (Å²) in [7, 11) is -2.63. The average Bonchev–Trinajstić information content (AvgIpc) is 3.50. The highest BCUT2D eigenvalue weighted by molar-refractivity contribution is 7.22. The van der Waals surface area contributed by atoms with Crippen molar-refractivity contribution in [3.8, 4) is 56.4 Å². The first-order valence-corrected chi connectivity index (χ1v) is 18.6. The van der Waals surface area contributed by atoms with Crippen LogP contribution in [0.1, 0.15) is 0 Å². The van der Waals surface area contributed by atoms with E-state index in [0.717, 1.165) is 22.3 Å². The maximum Gasteiger partial charge on any atom is 0.180 e. The number of nitrogens with zero attached hydrogens (tertiary/aromatic N) is 3. The molecule has 1 aliphatic rings. The molecule has 0 amide bonds. The zero-order valence-electron chi connectivity index (χ0n) is 26.7. The molecule has 0 bridgehead atoms. The molecule has 0 radical (unpaired) electrons. The second kappa shape index (κ2) is 12.1. The van der Waals surface area contributed by atoms with E-state index in [-0.39, 0.29) is 0 Å². The van der Waals surface area contributed by atoms with Gasteiger partial charge in [-0.2, -0.15) is 0 Å². The first-order chi connectivity index (χ1) is 24.3. The summed E-state index contributed by atoms with van der Waals surface area (Å²) in [5.74, 6) is 1.96. The fraction of sp³-hybridized carbons (Fsp3) is 0. The zero-order valence-corrected chi connectivity index (χ0v) is 27.7. The summed E-state index contributed by atoms with van der Waals surface area (Å²) >= 11 is 0. The smallest absolute Gasteiger partial charge is 0.180 e. The molecule has 0 atom stereocenters. The summed E-state index contributed by atoms with van der Waals surface area (Å²) in [6, 6.07) is 67.1. The highest BCUT2D eigenvalue weighted by Gasteiger charge is 2.49. The number of benzene rings is 7. The van der Waals surface area contributed by atoms with E-state index < -0.39 is 8.07 Å². The van der Waals surface area contributed by atoms with Gasteiger partial charge in [0.2, 0.25) is 0 Å². The molecule has 7 aromatic carbocycles. The Bertz CT molecular complexity index is 2330. The van der Waals surface area contributed by atoms with Crippen molar-refractivity contribution in [1.29, 1.82) is 0 Å². The Morgan fingerprint density at radius 1 is 0.286 bits per heavy atom. The van der Waals surface area contributed by atoms with Gasteiger partial charge in [-0.1, -0.05) is 188 Å². The quantitative estimate of drug-likeness (QED) is 0.173. The highest BCUT2D eigenvalue weighted by atomic mass is 28.3. The van der Waals surface area contributed by atoms with Gasteiger partial charge in [0, 0.05) is 16.7 Å². The molecule has 9 rings (SSSR count). The molecule has 1 aromatic heterocycles. The van der Waals surface area contributed by atoms with Gasteiger partial charge in [0.15, 0.2) is 25.5 Å². The fourth-order valence-corrected chi connectivity index (χ4v) is 12.8. The molecule has 230 valence electrons. The van der Waals surface area contributed by atoms with Crippen LogP contribution in [0, 0.1) is 0 Å². The van der Waals surface area contributed by atoms with Crippen LogP contribution in [0.2, 0.25) is 0 Å². The molecule has 0 spiro atoms. The first kappa shape index (κ1) is 28.9. The number of aromatic nitrogens is 3. The Labute approximate surface area is 287 Å². The van der Waals surface area contributed by atoms with E-state index in [0.29, 0.717) is 17.5 Å². The van der Waals surface area contributed by atoms with Gasteiger partial charge in [-0.25, -0.2) is 15.0 Å². The molecule has 4 heteroatoms.